The van der Waals surface area contributed by atoms with E-state index in [1.807, 2.05) is 0 Å². The van der Waals surface area contributed by atoms with Gasteiger partial charge in [0.05, 0.1) is 13.5 Å². The molecule has 0 aromatic rings. The molecule has 0 aliphatic carbocycles. The Kier molecular flexibility index (Phi) is 5.99. The summed E-state index contributed by atoms with van der Waals surface area (Å²) in [5.74, 6) is -1.91. The van der Waals surface area contributed by atoms with Crippen molar-refractivity contribution in [3.8, 4) is 0 Å². The number of carboxylic acid groups (broad SMARTS) is 1. The van der Waals surface area contributed by atoms with E-state index in [0.29, 0.717) is 13.1 Å². The lowest BCUT2D eigenvalue weighted by atomic mass is 9.78. The third kappa shape index (κ3) is 4.91. The summed E-state index contributed by atoms with van der Waals surface area (Å²) in [6.45, 7) is 5.52. The SMILES string of the molecule is CCC1(C)CCN(C(=O)N[C@@H](CC(=O)OC)C(=O)O)CC1. The first-order valence-corrected chi connectivity index (χ1v) is 7.16. The molecule has 0 aromatic carbocycles. The minimum absolute atomic E-state index is 0.245. The number of rotatable bonds is 5. The van der Waals surface area contributed by atoms with Gasteiger partial charge in [-0.15, -0.1) is 0 Å². The summed E-state index contributed by atoms with van der Waals surface area (Å²) in [6.07, 6.45) is 2.47. The van der Waals surface area contributed by atoms with Crippen LogP contribution < -0.4 is 5.32 Å². The molecule has 0 bridgehead atoms. The van der Waals surface area contributed by atoms with E-state index < -0.39 is 24.0 Å². The molecule has 7 heteroatoms. The number of nitrogens with one attached hydrogen (secondary N) is 1. The summed E-state index contributed by atoms with van der Waals surface area (Å²) in [4.78, 5) is 35.9. The summed E-state index contributed by atoms with van der Waals surface area (Å²) in [5.41, 5.74) is 0.245. The van der Waals surface area contributed by atoms with Crippen molar-refractivity contribution in [1.29, 1.82) is 0 Å². The monoisotopic (exact) mass is 300 g/mol. The molecule has 2 amide bonds. The lowest BCUT2D eigenvalue weighted by molar-refractivity contribution is -0.147. The molecule has 0 spiro atoms. The van der Waals surface area contributed by atoms with Crippen LogP contribution in [0.5, 0.6) is 0 Å². The van der Waals surface area contributed by atoms with E-state index in [4.69, 9.17) is 5.11 Å². The second-order valence-corrected chi connectivity index (χ2v) is 5.77. The molecule has 1 saturated heterocycles. The first kappa shape index (κ1) is 17.3. The summed E-state index contributed by atoms with van der Waals surface area (Å²) < 4.78 is 4.43. The third-order valence-corrected chi connectivity index (χ3v) is 4.31. The molecule has 2 N–H and O–H groups in total. The topological polar surface area (TPSA) is 95.9 Å². The van der Waals surface area contributed by atoms with Crippen molar-refractivity contribution in [2.45, 2.75) is 45.6 Å². The number of methoxy groups -OCH3 is 1. The number of piperidine rings is 1. The molecule has 0 radical (unpaired) electrons. The average Bonchev–Trinajstić information content (AvgIpc) is 2.46. The molecule has 1 heterocycles. The molecular formula is C14H24N2O5. The summed E-state index contributed by atoms with van der Waals surface area (Å²) in [5, 5.41) is 11.4. The fourth-order valence-electron chi connectivity index (χ4n) is 2.29. The lowest BCUT2D eigenvalue weighted by Crippen LogP contribution is -2.51. The summed E-state index contributed by atoms with van der Waals surface area (Å²) in [7, 11) is 1.18. The Hall–Kier alpha value is -1.79. The van der Waals surface area contributed by atoms with Gasteiger partial charge in [-0.25, -0.2) is 9.59 Å². The number of nitrogens with zero attached hydrogens (tertiary/aromatic N) is 1. The second kappa shape index (κ2) is 7.28. The van der Waals surface area contributed by atoms with Crippen molar-refractivity contribution < 1.29 is 24.2 Å². The highest BCUT2D eigenvalue weighted by atomic mass is 16.5. The van der Waals surface area contributed by atoms with Crippen LogP contribution in [0.15, 0.2) is 0 Å². The van der Waals surface area contributed by atoms with E-state index in [-0.39, 0.29) is 11.8 Å². The predicted octanol–water partition coefficient (Wildman–Crippen LogP) is 1.22. The van der Waals surface area contributed by atoms with Crippen molar-refractivity contribution in [2.24, 2.45) is 5.41 Å². The van der Waals surface area contributed by atoms with Crippen molar-refractivity contribution in [2.75, 3.05) is 20.2 Å². The Balaban J connectivity index is 2.55. The van der Waals surface area contributed by atoms with Crippen LogP contribution >= 0.6 is 0 Å². The Bertz CT molecular complexity index is 402. The van der Waals surface area contributed by atoms with Gasteiger partial charge >= 0.3 is 18.0 Å². The Morgan fingerprint density at radius 3 is 2.33 bits per heavy atom. The Morgan fingerprint density at radius 2 is 1.90 bits per heavy atom. The fourth-order valence-corrected chi connectivity index (χ4v) is 2.29. The number of carbonyl (C=O) groups excluding carboxylic acids is 2. The number of esters is 1. The molecule has 0 saturated carbocycles. The fraction of sp³-hybridized carbons (Fsp3) is 0.786. The number of likely N-dealkylation sites (tertiary alicyclic amines) is 1. The van der Waals surface area contributed by atoms with Crippen LogP contribution in [0.1, 0.15) is 39.5 Å². The van der Waals surface area contributed by atoms with Crippen molar-refractivity contribution in [3.05, 3.63) is 0 Å². The van der Waals surface area contributed by atoms with Gasteiger partial charge < -0.3 is 20.1 Å². The number of hydrogen-bond donors (Lipinski definition) is 2. The third-order valence-electron chi connectivity index (χ3n) is 4.31. The van der Waals surface area contributed by atoms with Crippen LogP contribution in [-0.2, 0) is 14.3 Å². The molecule has 1 atom stereocenters. The number of urea groups is 1. The number of ether oxygens (including phenoxy) is 1. The molecular weight excluding hydrogens is 276 g/mol. The van der Waals surface area contributed by atoms with Crippen molar-refractivity contribution >= 4 is 18.0 Å². The van der Waals surface area contributed by atoms with E-state index >= 15 is 0 Å². The van der Waals surface area contributed by atoms with Crippen LogP contribution in [0.3, 0.4) is 0 Å². The van der Waals surface area contributed by atoms with Gasteiger partial charge in [0, 0.05) is 13.1 Å². The molecule has 21 heavy (non-hydrogen) atoms. The minimum Gasteiger partial charge on any atom is -0.480 e. The zero-order valence-corrected chi connectivity index (χ0v) is 12.8. The molecule has 1 fully saturated rings. The molecule has 0 unspecified atom stereocenters. The van der Waals surface area contributed by atoms with Gasteiger partial charge in [0.2, 0.25) is 0 Å². The maximum absolute atomic E-state index is 12.1. The summed E-state index contributed by atoms with van der Waals surface area (Å²) in [6, 6.07) is -1.70. The Labute approximate surface area is 124 Å². The van der Waals surface area contributed by atoms with Gasteiger partial charge in [-0.05, 0) is 18.3 Å². The van der Waals surface area contributed by atoms with Crippen LogP contribution in [0, 0.1) is 5.41 Å². The number of amides is 2. The molecule has 120 valence electrons. The van der Waals surface area contributed by atoms with Crippen LogP contribution in [0.25, 0.3) is 0 Å². The first-order chi connectivity index (χ1) is 9.81. The lowest BCUT2D eigenvalue weighted by Gasteiger charge is -2.39. The standard InChI is InChI=1S/C14H24N2O5/c1-4-14(2)5-7-16(8-6-14)13(20)15-10(12(18)19)9-11(17)21-3/h10H,4-9H2,1-3H3,(H,15,20)(H,18,19)/t10-/m0/s1. The quantitative estimate of drug-likeness (QED) is 0.744. The largest absolute Gasteiger partial charge is 0.480 e. The average molecular weight is 300 g/mol. The highest BCUT2D eigenvalue weighted by molar-refractivity contribution is 5.86. The summed E-state index contributed by atoms with van der Waals surface area (Å²) >= 11 is 0. The first-order valence-electron chi connectivity index (χ1n) is 7.16. The molecule has 7 nitrogen and oxygen atoms in total. The van der Waals surface area contributed by atoms with Crippen molar-refractivity contribution in [1.82, 2.24) is 10.2 Å². The predicted molar refractivity (Wildman–Crippen MR) is 75.8 cm³/mol. The maximum Gasteiger partial charge on any atom is 0.326 e. The van der Waals surface area contributed by atoms with Gasteiger partial charge in [0.15, 0.2) is 0 Å². The highest BCUT2D eigenvalue weighted by Gasteiger charge is 2.32. The van der Waals surface area contributed by atoms with Gasteiger partial charge in [-0.1, -0.05) is 20.3 Å². The smallest absolute Gasteiger partial charge is 0.326 e. The molecule has 1 rings (SSSR count). The normalized spacial score (nSPS) is 18.7. The van der Waals surface area contributed by atoms with Crippen molar-refractivity contribution in [3.63, 3.8) is 0 Å². The van der Waals surface area contributed by atoms with E-state index in [9.17, 15) is 14.4 Å². The van der Waals surface area contributed by atoms with Crippen LogP contribution in [-0.4, -0.2) is 54.2 Å². The van der Waals surface area contributed by atoms with E-state index in [0.717, 1.165) is 19.3 Å². The zero-order valence-electron chi connectivity index (χ0n) is 12.8. The molecule has 1 aliphatic rings. The molecule has 0 aromatic heterocycles. The van der Waals surface area contributed by atoms with E-state index in [1.165, 1.54) is 7.11 Å². The highest BCUT2D eigenvalue weighted by Crippen LogP contribution is 2.33. The zero-order chi connectivity index (χ0) is 16.0. The number of aliphatic carboxylic acids is 1. The van der Waals surface area contributed by atoms with E-state index in [1.54, 1.807) is 4.90 Å². The van der Waals surface area contributed by atoms with Gasteiger partial charge in [0.1, 0.15) is 6.04 Å². The van der Waals surface area contributed by atoms with Crippen LogP contribution in [0.2, 0.25) is 0 Å². The number of carboxylic acids is 1. The van der Waals surface area contributed by atoms with Gasteiger partial charge in [-0.3, -0.25) is 4.79 Å². The van der Waals surface area contributed by atoms with E-state index in [2.05, 4.69) is 23.9 Å². The van der Waals surface area contributed by atoms with Crippen LogP contribution in [0.4, 0.5) is 4.79 Å². The molecule has 1 aliphatic heterocycles. The maximum atomic E-state index is 12.1. The minimum atomic E-state index is -1.26. The number of hydrogen-bond acceptors (Lipinski definition) is 4. The Morgan fingerprint density at radius 1 is 1.33 bits per heavy atom. The van der Waals surface area contributed by atoms with Gasteiger partial charge in [0.25, 0.3) is 0 Å². The van der Waals surface area contributed by atoms with Gasteiger partial charge in [-0.2, -0.15) is 0 Å². The second-order valence-electron chi connectivity index (χ2n) is 5.77. The number of carbonyl (C=O) groups is 3.